The minimum Gasteiger partial charge on any atom is -0.389 e. The number of piperidine rings is 1. The first-order valence-electron chi connectivity index (χ1n) is 3.78. The summed E-state index contributed by atoms with van der Waals surface area (Å²) in [6.45, 7) is 2.24. The second kappa shape index (κ2) is 3.06. The van der Waals surface area contributed by atoms with Crippen LogP contribution >= 0.6 is 0 Å². The molecule has 0 aliphatic carbocycles. The van der Waals surface area contributed by atoms with Crippen LogP contribution in [0.25, 0.3) is 0 Å². The lowest BCUT2D eigenvalue weighted by molar-refractivity contribution is -0.127. The predicted octanol–water partition coefficient (Wildman–Crippen LogP) is -1.60. The Balaban J connectivity index is 2.63. The maximum atomic E-state index is 9.34. The Labute approximate surface area is 66.1 Å². The van der Waals surface area contributed by atoms with Gasteiger partial charge >= 0.3 is 0 Å². The molecule has 0 spiro atoms. The largest absolute Gasteiger partial charge is 0.389 e. The van der Waals surface area contributed by atoms with E-state index < -0.39 is 18.3 Å². The number of hydrogen-bond donors (Lipinski definition) is 3. The Morgan fingerprint density at radius 2 is 1.73 bits per heavy atom. The molecule has 0 bridgehead atoms. The Morgan fingerprint density at radius 3 is 2.27 bits per heavy atom. The maximum absolute atomic E-state index is 9.34. The van der Waals surface area contributed by atoms with Crippen molar-refractivity contribution in [2.24, 2.45) is 0 Å². The number of β-amino-alcohol motifs (C(OH)–C–C–N with tert-alkyl or cyclic N) is 1. The molecule has 0 aromatic rings. The smallest absolute Gasteiger partial charge is 0.108 e. The van der Waals surface area contributed by atoms with Crippen molar-refractivity contribution in [1.82, 2.24) is 4.90 Å². The van der Waals surface area contributed by atoms with Gasteiger partial charge in [-0.3, -0.25) is 4.90 Å². The fourth-order valence-electron chi connectivity index (χ4n) is 1.34. The Bertz CT molecular complexity index is 128. The van der Waals surface area contributed by atoms with Gasteiger partial charge in [-0.2, -0.15) is 0 Å². The van der Waals surface area contributed by atoms with Crippen molar-refractivity contribution >= 4 is 0 Å². The van der Waals surface area contributed by atoms with Crippen LogP contribution in [0.4, 0.5) is 0 Å². The molecule has 66 valence electrons. The molecule has 11 heavy (non-hydrogen) atoms. The number of nitrogens with zero attached hydrogens (tertiary/aromatic N) is 1. The van der Waals surface area contributed by atoms with Gasteiger partial charge in [0.1, 0.15) is 6.10 Å². The first-order chi connectivity index (χ1) is 5.04. The van der Waals surface area contributed by atoms with Crippen molar-refractivity contribution in [3.05, 3.63) is 0 Å². The molecule has 1 heterocycles. The Hall–Kier alpha value is -0.160. The third-order valence-electron chi connectivity index (χ3n) is 2.41. The summed E-state index contributed by atoms with van der Waals surface area (Å²) in [6.07, 6.45) is -2.67. The monoisotopic (exact) mass is 161 g/mol. The lowest BCUT2D eigenvalue weighted by Gasteiger charge is -2.40. The average Bonchev–Trinajstić information content (AvgIpc) is 1.97. The van der Waals surface area contributed by atoms with Crippen LogP contribution in [-0.2, 0) is 0 Å². The van der Waals surface area contributed by atoms with Crippen LogP contribution in [0.2, 0.25) is 0 Å². The predicted molar refractivity (Wildman–Crippen MR) is 40.1 cm³/mol. The number of likely N-dealkylation sites (N-methyl/N-ethyl adjacent to an activating group) is 1. The van der Waals surface area contributed by atoms with Crippen LogP contribution < -0.4 is 0 Å². The van der Waals surface area contributed by atoms with Crippen molar-refractivity contribution in [2.45, 2.75) is 31.3 Å². The van der Waals surface area contributed by atoms with E-state index in [0.29, 0.717) is 6.54 Å². The highest BCUT2D eigenvalue weighted by molar-refractivity contribution is 4.90. The van der Waals surface area contributed by atoms with Crippen molar-refractivity contribution < 1.29 is 15.3 Å². The molecule has 0 unspecified atom stereocenters. The lowest BCUT2D eigenvalue weighted by Crippen LogP contribution is -2.58. The highest BCUT2D eigenvalue weighted by Gasteiger charge is 2.36. The van der Waals surface area contributed by atoms with Crippen molar-refractivity contribution in [2.75, 3.05) is 13.6 Å². The molecule has 1 aliphatic heterocycles. The summed E-state index contributed by atoms with van der Waals surface area (Å²) in [7, 11) is 1.81. The van der Waals surface area contributed by atoms with Crippen LogP contribution in [-0.4, -0.2) is 58.2 Å². The van der Waals surface area contributed by atoms with E-state index in [0.717, 1.165) is 0 Å². The SMILES string of the molecule is C[C@H]1[C@@H](O)[C@@H](O)[C@H](O)CN1C. The van der Waals surface area contributed by atoms with Gasteiger partial charge in [-0.25, -0.2) is 0 Å². The molecule has 0 aromatic heterocycles. The number of hydrogen-bond acceptors (Lipinski definition) is 4. The summed E-state index contributed by atoms with van der Waals surface area (Å²) in [4.78, 5) is 1.82. The summed E-state index contributed by atoms with van der Waals surface area (Å²) >= 11 is 0. The minimum absolute atomic E-state index is 0.0894. The second-order valence-electron chi connectivity index (χ2n) is 3.23. The first kappa shape index (κ1) is 8.93. The molecular formula is C7H15NO3. The van der Waals surface area contributed by atoms with Gasteiger partial charge in [0.2, 0.25) is 0 Å². The summed E-state index contributed by atoms with van der Waals surface area (Å²) in [5, 5.41) is 27.7. The van der Waals surface area contributed by atoms with Gasteiger partial charge < -0.3 is 15.3 Å². The fraction of sp³-hybridized carbons (Fsp3) is 1.00. The van der Waals surface area contributed by atoms with E-state index in [2.05, 4.69) is 0 Å². The molecule has 1 fully saturated rings. The third kappa shape index (κ3) is 1.54. The zero-order chi connectivity index (χ0) is 8.59. The van der Waals surface area contributed by atoms with Crippen LogP contribution in [0.15, 0.2) is 0 Å². The molecule has 4 heteroatoms. The standard InChI is InChI=1S/C7H15NO3/c1-4-6(10)7(11)5(9)3-8(4)2/h4-7,9-11H,3H2,1-2H3/t4-,5+,6+,7-/m0/s1. The molecule has 0 aromatic carbocycles. The number of likely N-dealkylation sites (tertiary alicyclic amines) is 1. The van der Waals surface area contributed by atoms with Gasteiger partial charge in [-0.1, -0.05) is 0 Å². The van der Waals surface area contributed by atoms with E-state index in [9.17, 15) is 15.3 Å². The highest BCUT2D eigenvalue weighted by atomic mass is 16.4. The normalized spacial score (nSPS) is 47.7. The highest BCUT2D eigenvalue weighted by Crippen LogP contribution is 2.16. The van der Waals surface area contributed by atoms with E-state index in [1.807, 2.05) is 18.9 Å². The summed E-state index contributed by atoms with van der Waals surface area (Å²) in [5.41, 5.74) is 0. The molecular weight excluding hydrogens is 146 g/mol. The second-order valence-corrected chi connectivity index (χ2v) is 3.23. The van der Waals surface area contributed by atoms with Crippen LogP contribution in [0, 0.1) is 0 Å². The minimum atomic E-state index is -0.999. The van der Waals surface area contributed by atoms with Gasteiger partial charge in [0.05, 0.1) is 12.2 Å². The lowest BCUT2D eigenvalue weighted by atomic mass is 9.96. The zero-order valence-electron chi connectivity index (χ0n) is 6.81. The molecule has 1 saturated heterocycles. The third-order valence-corrected chi connectivity index (χ3v) is 2.41. The van der Waals surface area contributed by atoms with E-state index in [1.165, 1.54) is 0 Å². The number of rotatable bonds is 0. The molecule has 4 nitrogen and oxygen atoms in total. The van der Waals surface area contributed by atoms with Crippen molar-refractivity contribution in [3.8, 4) is 0 Å². The van der Waals surface area contributed by atoms with Crippen LogP contribution in [0.5, 0.6) is 0 Å². The van der Waals surface area contributed by atoms with E-state index >= 15 is 0 Å². The fourth-order valence-corrected chi connectivity index (χ4v) is 1.34. The molecule has 1 rings (SSSR count). The van der Waals surface area contributed by atoms with Gasteiger partial charge in [-0.05, 0) is 14.0 Å². The van der Waals surface area contributed by atoms with Gasteiger partial charge in [-0.15, -0.1) is 0 Å². The van der Waals surface area contributed by atoms with Gasteiger partial charge in [0.25, 0.3) is 0 Å². The number of aliphatic hydroxyl groups excluding tert-OH is 3. The summed E-state index contributed by atoms with van der Waals surface area (Å²) in [6, 6.07) is -0.0894. The topological polar surface area (TPSA) is 63.9 Å². The first-order valence-corrected chi connectivity index (χ1v) is 3.78. The van der Waals surface area contributed by atoms with E-state index in [4.69, 9.17) is 0 Å². The molecule has 4 atom stereocenters. The molecule has 3 N–H and O–H groups in total. The molecule has 0 radical (unpaired) electrons. The number of aliphatic hydroxyl groups is 3. The van der Waals surface area contributed by atoms with E-state index in [-0.39, 0.29) is 6.04 Å². The van der Waals surface area contributed by atoms with E-state index in [1.54, 1.807) is 0 Å². The quantitative estimate of drug-likeness (QED) is 0.400. The summed E-state index contributed by atoms with van der Waals surface area (Å²) in [5.74, 6) is 0. The van der Waals surface area contributed by atoms with Crippen molar-refractivity contribution in [1.29, 1.82) is 0 Å². The van der Waals surface area contributed by atoms with Crippen LogP contribution in [0.3, 0.4) is 0 Å². The molecule has 1 aliphatic rings. The Morgan fingerprint density at radius 1 is 1.18 bits per heavy atom. The van der Waals surface area contributed by atoms with Gasteiger partial charge in [0, 0.05) is 12.6 Å². The molecule has 0 amide bonds. The zero-order valence-corrected chi connectivity index (χ0v) is 6.81. The van der Waals surface area contributed by atoms with Gasteiger partial charge in [0.15, 0.2) is 0 Å². The van der Waals surface area contributed by atoms with Crippen LogP contribution in [0.1, 0.15) is 6.92 Å². The average molecular weight is 161 g/mol. The van der Waals surface area contributed by atoms with Crippen molar-refractivity contribution in [3.63, 3.8) is 0 Å². The Kier molecular flexibility index (Phi) is 2.49. The molecule has 0 saturated carbocycles. The summed E-state index contributed by atoms with van der Waals surface area (Å²) < 4.78 is 0. The maximum Gasteiger partial charge on any atom is 0.108 e.